The van der Waals surface area contributed by atoms with Crippen LogP contribution in [-0.4, -0.2) is 27.1 Å². The van der Waals surface area contributed by atoms with Crippen LogP contribution in [0.1, 0.15) is 48.9 Å². The fraction of sp³-hybridized carbons (Fsp3) is 0.588. The van der Waals surface area contributed by atoms with Crippen LogP contribution in [-0.2, 0) is 0 Å². The fourth-order valence-electron chi connectivity index (χ4n) is 2.91. The first-order valence-electron chi connectivity index (χ1n) is 7.62. The number of hydrogen-bond acceptors (Lipinski definition) is 4. The molecule has 1 aromatic carbocycles. The molecule has 116 valence electrons. The average Bonchev–Trinajstić information content (AvgIpc) is 2.55. The summed E-state index contributed by atoms with van der Waals surface area (Å²) in [6, 6.07) is 3.34. The second kappa shape index (κ2) is 7.91. The van der Waals surface area contributed by atoms with E-state index in [0.717, 1.165) is 18.6 Å². The van der Waals surface area contributed by atoms with Gasteiger partial charge < -0.3 is 14.2 Å². The molecule has 21 heavy (non-hydrogen) atoms. The van der Waals surface area contributed by atoms with E-state index >= 15 is 0 Å². The molecule has 0 unspecified atom stereocenters. The molecule has 1 fully saturated rings. The monoisotopic (exact) mass is 292 g/mol. The Hall–Kier alpha value is -1.71. The van der Waals surface area contributed by atoms with Gasteiger partial charge in [0.25, 0.3) is 0 Å². The first-order chi connectivity index (χ1) is 10.3. The van der Waals surface area contributed by atoms with Gasteiger partial charge in [-0.15, -0.1) is 0 Å². The summed E-state index contributed by atoms with van der Waals surface area (Å²) in [5.41, 5.74) is 0.517. The molecule has 4 nitrogen and oxygen atoms in total. The van der Waals surface area contributed by atoms with Gasteiger partial charge in [0.1, 0.15) is 6.29 Å². The predicted octanol–water partition coefficient (Wildman–Crippen LogP) is 3.87. The molecule has 0 amide bonds. The van der Waals surface area contributed by atoms with Crippen molar-refractivity contribution in [2.45, 2.75) is 38.5 Å². The standard InChI is InChI=1S/C17H24O4/c1-19-15-10-14(12-18)11-16(20-2)17(15)21-9-8-13-6-4-3-5-7-13/h10-13H,3-9H2,1-2H3. The van der Waals surface area contributed by atoms with Crippen LogP contribution in [0.3, 0.4) is 0 Å². The van der Waals surface area contributed by atoms with Gasteiger partial charge in [-0.3, -0.25) is 4.79 Å². The normalized spacial score (nSPS) is 15.5. The fourth-order valence-corrected chi connectivity index (χ4v) is 2.91. The van der Waals surface area contributed by atoms with Crippen molar-refractivity contribution in [2.75, 3.05) is 20.8 Å². The molecule has 0 heterocycles. The van der Waals surface area contributed by atoms with Crippen molar-refractivity contribution in [1.82, 2.24) is 0 Å². The molecular formula is C17H24O4. The maximum absolute atomic E-state index is 10.9. The zero-order chi connectivity index (χ0) is 15.1. The topological polar surface area (TPSA) is 44.8 Å². The molecule has 0 aromatic heterocycles. The van der Waals surface area contributed by atoms with Crippen LogP contribution in [0.15, 0.2) is 12.1 Å². The van der Waals surface area contributed by atoms with E-state index in [-0.39, 0.29) is 0 Å². The first kappa shape index (κ1) is 15.7. The second-order valence-electron chi connectivity index (χ2n) is 5.51. The maximum Gasteiger partial charge on any atom is 0.203 e. The van der Waals surface area contributed by atoms with E-state index in [9.17, 15) is 4.79 Å². The highest BCUT2D eigenvalue weighted by Crippen LogP contribution is 2.38. The third-order valence-corrected chi connectivity index (χ3v) is 4.12. The minimum atomic E-state index is 0.517. The van der Waals surface area contributed by atoms with Gasteiger partial charge in [-0.1, -0.05) is 32.1 Å². The van der Waals surface area contributed by atoms with Crippen LogP contribution in [0, 0.1) is 5.92 Å². The van der Waals surface area contributed by atoms with Gasteiger partial charge in [-0.05, 0) is 24.5 Å². The maximum atomic E-state index is 10.9. The molecule has 0 bridgehead atoms. The summed E-state index contributed by atoms with van der Waals surface area (Å²) < 4.78 is 16.5. The smallest absolute Gasteiger partial charge is 0.203 e. The average molecular weight is 292 g/mol. The number of aldehydes is 1. The lowest BCUT2D eigenvalue weighted by atomic mass is 9.87. The van der Waals surface area contributed by atoms with Crippen molar-refractivity contribution in [3.63, 3.8) is 0 Å². The van der Waals surface area contributed by atoms with Gasteiger partial charge in [0.2, 0.25) is 5.75 Å². The molecule has 2 rings (SSSR count). The second-order valence-corrected chi connectivity index (χ2v) is 5.51. The summed E-state index contributed by atoms with van der Waals surface area (Å²) in [6.45, 7) is 0.651. The third-order valence-electron chi connectivity index (χ3n) is 4.12. The number of benzene rings is 1. The van der Waals surface area contributed by atoms with Crippen LogP contribution in [0.5, 0.6) is 17.2 Å². The van der Waals surface area contributed by atoms with Crippen molar-refractivity contribution in [3.05, 3.63) is 17.7 Å². The SMILES string of the molecule is COc1cc(C=O)cc(OC)c1OCCC1CCCCC1. The molecule has 0 atom stereocenters. The summed E-state index contributed by atoms with van der Waals surface area (Å²) in [4.78, 5) is 10.9. The highest BCUT2D eigenvalue weighted by atomic mass is 16.5. The Labute approximate surface area is 126 Å². The Morgan fingerprint density at radius 1 is 1.10 bits per heavy atom. The molecule has 0 aliphatic heterocycles. The van der Waals surface area contributed by atoms with Gasteiger partial charge in [0.15, 0.2) is 11.5 Å². The third kappa shape index (κ3) is 4.13. The summed E-state index contributed by atoms with van der Waals surface area (Å²) in [5.74, 6) is 2.44. The predicted molar refractivity (Wildman–Crippen MR) is 81.6 cm³/mol. The molecular weight excluding hydrogens is 268 g/mol. The summed E-state index contributed by atoms with van der Waals surface area (Å²) in [7, 11) is 3.13. The molecule has 1 aromatic rings. The van der Waals surface area contributed by atoms with Crippen molar-refractivity contribution in [3.8, 4) is 17.2 Å². The van der Waals surface area contributed by atoms with Crippen LogP contribution in [0.25, 0.3) is 0 Å². The van der Waals surface area contributed by atoms with E-state index < -0.39 is 0 Å². The Bertz CT molecular complexity index is 439. The van der Waals surface area contributed by atoms with Crippen LogP contribution in [0.4, 0.5) is 0 Å². The Morgan fingerprint density at radius 3 is 2.24 bits per heavy atom. The summed E-state index contributed by atoms with van der Waals surface area (Å²) in [6.07, 6.45) is 8.49. The molecule has 1 aliphatic rings. The first-order valence-corrected chi connectivity index (χ1v) is 7.62. The lowest BCUT2D eigenvalue weighted by Gasteiger charge is -2.22. The molecule has 0 spiro atoms. The number of carbonyl (C=O) groups is 1. The van der Waals surface area contributed by atoms with Crippen molar-refractivity contribution >= 4 is 6.29 Å². The highest BCUT2D eigenvalue weighted by molar-refractivity contribution is 5.78. The van der Waals surface area contributed by atoms with E-state index in [1.807, 2.05) is 0 Å². The number of carbonyl (C=O) groups excluding carboxylic acids is 1. The van der Waals surface area contributed by atoms with Gasteiger partial charge in [0, 0.05) is 5.56 Å². The molecule has 0 saturated heterocycles. The van der Waals surface area contributed by atoms with E-state index in [0.29, 0.717) is 29.4 Å². The van der Waals surface area contributed by atoms with Crippen LogP contribution in [0.2, 0.25) is 0 Å². The zero-order valence-corrected chi connectivity index (χ0v) is 12.9. The molecule has 0 radical (unpaired) electrons. The molecule has 1 aliphatic carbocycles. The molecule has 0 N–H and O–H groups in total. The van der Waals surface area contributed by atoms with Crippen molar-refractivity contribution in [2.24, 2.45) is 5.92 Å². The number of rotatable bonds is 7. The van der Waals surface area contributed by atoms with Gasteiger partial charge in [-0.2, -0.15) is 0 Å². The quantitative estimate of drug-likeness (QED) is 0.716. The Kier molecular flexibility index (Phi) is 5.90. The summed E-state index contributed by atoms with van der Waals surface area (Å²) in [5, 5.41) is 0. The van der Waals surface area contributed by atoms with Crippen molar-refractivity contribution in [1.29, 1.82) is 0 Å². The summed E-state index contributed by atoms with van der Waals surface area (Å²) >= 11 is 0. The van der Waals surface area contributed by atoms with Crippen LogP contribution >= 0.6 is 0 Å². The minimum Gasteiger partial charge on any atom is -0.493 e. The lowest BCUT2D eigenvalue weighted by Crippen LogP contribution is -2.11. The van der Waals surface area contributed by atoms with Crippen molar-refractivity contribution < 1.29 is 19.0 Å². The van der Waals surface area contributed by atoms with E-state index in [4.69, 9.17) is 14.2 Å². The van der Waals surface area contributed by atoms with Gasteiger partial charge in [0.05, 0.1) is 20.8 Å². The zero-order valence-electron chi connectivity index (χ0n) is 12.9. The van der Waals surface area contributed by atoms with E-state index in [1.54, 1.807) is 26.4 Å². The Morgan fingerprint density at radius 2 is 1.71 bits per heavy atom. The van der Waals surface area contributed by atoms with Gasteiger partial charge >= 0.3 is 0 Å². The highest BCUT2D eigenvalue weighted by Gasteiger charge is 2.16. The molecule has 1 saturated carbocycles. The van der Waals surface area contributed by atoms with Crippen LogP contribution < -0.4 is 14.2 Å². The van der Waals surface area contributed by atoms with E-state index in [1.165, 1.54) is 32.1 Å². The number of hydrogen-bond donors (Lipinski definition) is 0. The largest absolute Gasteiger partial charge is 0.493 e. The lowest BCUT2D eigenvalue weighted by molar-refractivity contribution is 0.112. The van der Waals surface area contributed by atoms with Gasteiger partial charge in [-0.25, -0.2) is 0 Å². The Balaban J connectivity index is 2.01. The molecule has 4 heteroatoms. The minimum absolute atomic E-state index is 0.517. The number of ether oxygens (including phenoxy) is 3. The van der Waals surface area contributed by atoms with E-state index in [2.05, 4.69) is 0 Å². The number of methoxy groups -OCH3 is 2.